The van der Waals surface area contributed by atoms with Crippen molar-refractivity contribution in [3.05, 3.63) is 10.1 Å². The highest BCUT2D eigenvalue weighted by Gasteiger charge is 2.53. The lowest BCUT2D eigenvalue weighted by atomic mass is 9.95. The predicted octanol–water partition coefficient (Wildman–Crippen LogP) is 1.61. The summed E-state index contributed by atoms with van der Waals surface area (Å²) in [6.45, 7) is 7.32. The maximum Gasteiger partial charge on any atom is 0.243 e. The van der Waals surface area contributed by atoms with Crippen molar-refractivity contribution in [2.45, 2.75) is 51.4 Å². The molecule has 1 fully saturated rings. The van der Waals surface area contributed by atoms with Gasteiger partial charge in [-0.1, -0.05) is 0 Å². The fraction of sp³-hybridized carbons (Fsp3) is 1.00. The second kappa shape index (κ2) is 2.42. The van der Waals surface area contributed by atoms with Crippen molar-refractivity contribution < 1.29 is 9.66 Å². The first-order valence-electron chi connectivity index (χ1n) is 4.08. The monoisotopic (exact) mass is 173 g/mol. The summed E-state index contributed by atoms with van der Waals surface area (Å²) in [6, 6.07) is -0.576. The van der Waals surface area contributed by atoms with Crippen LogP contribution in [0, 0.1) is 10.1 Å². The van der Waals surface area contributed by atoms with Crippen molar-refractivity contribution in [2.75, 3.05) is 0 Å². The first-order valence-corrected chi connectivity index (χ1v) is 4.08. The van der Waals surface area contributed by atoms with Crippen molar-refractivity contribution in [1.82, 2.24) is 0 Å². The van der Waals surface area contributed by atoms with Crippen LogP contribution >= 0.6 is 0 Å². The van der Waals surface area contributed by atoms with Crippen LogP contribution in [0.5, 0.6) is 0 Å². The molecular weight excluding hydrogens is 158 g/mol. The Bertz CT molecular complexity index is 210. The second-order valence-corrected chi connectivity index (χ2v) is 4.47. The fourth-order valence-electron chi connectivity index (χ4n) is 1.86. The quantitative estimate of drug-likeness (QED) is 0.447. The third kappa shape index (κ3) is 1.58. The minimum absolute atomic E-state index is 0.241. The van der Waals surface area contributed by atoms with Gasteiger partial charge in [-0.3, -0.25) is 10.1 Å². The van der Waals surface area contributed by atoms with Crippen molar-refractivity contribution >= 4 is 0 Å². The van der Waals surface area contributed by atoms with E-state index in [2.05, 4.69) is 0 Å². The van der Waals surface area contributed by atoms with E-state index in [-0.39, 0.29) is 10.5 Å². The van der Waals surface area contributed by atoms with Crippen LogP contribution in [0.3, 0.4) is 0 Å². The molecule has 0 amide bonds. The molecule has 0 aromatic carbocycles. The van der Waals surface area contributed by atoms with Gasteiger partial charge in [0.1, 0.15) is 5.60 Å². The summed E-state index contributed by atoms with van der Waals surface area (Å²) in [6.07, 6.45) is 0.493. The second-order valence-electron chi connectivity index (χ2n) is 4.47. The van der Waals surface area contributed by atoms with Crippen molar-refractivity contribution in [3.63, 3.8) is 0 Å². The molecule has 0 N–H and O–H groups in total. The molecule has 0 saturated carbocycles. The molecule has 0 aliphatic carbocycles. The Labute approximate surface area is 72.1 Å². The summed E-state index contributed by atoms with van der Waals surface area (Å²) >= 11 is 0. The smallest absolute Gasteiger partial charge is 0.243 e. The lowest BCUT2D eigenvalue weighted by Crippen LogP contribution is -2.38. The normalized spacial score (nSPS) is 31.8. The van der Waals surface area contributed by atoms with Gasteiger partial charge >= 0.3 is 0 Å². The van der Waals surface area contributed by atoms with Gasteiger partial charge in [0.15, 0.2) is 0 Å². The minimum Gasteiger partial charge on any atom is -0.362 e. The fourth-order valence-corrected chi connectivity index (χ4v) is 1.86. The molecule has 1 saturated heterocycles. The summed E-state index contributed by atoms with van der Waals surface area (Å²) in [5.41, 5.74) is -0.992. The average molecular weight is 173 g/mol. The van der Waals surface area contributed by atoms with Crippen LogP contribution in [0.2, 0.25) is 0 Å². The maximum absolute atomic E-state index is 10.6. The van der Waals surface area contributed by atoms with Gasteiger partial charge < -0.3 is 4.74 Å². The largest absolute Gasteiger partial charge is 0.362 e. The van der Waals surface area contributed by atoms with Crippen LogP contribution < -0.4 is 0 Å². The number of hydrogen-bond donors (Lipinski definition) is 0. The minimum atomic E-state index is -0.632. The Hall–Kier alpha value is -0.640. The highest BCUT2D eigenvalue weighted by Crippen LogP contribution is 2.38. The Morgan fingerprint density at radius 3 is 2.08 bits per heavy atom. The van der Waals surface area contributed by atoms with Gasteiger partial charge in [0.25, 0.3) is 0 Å². The molecule has 1 atom stereocenters. The molecule has 70 valence electrons. The first-order chi connectivity index (χ1) is 5.25. The van der Waals surface area contributed by atoms with E-state index < -0.39 is 11.6 Å². The van der Waals surface area contributed by atoms with Gasteiger partial charge in [-0.15, -0.1) is 0 Å². The molecule has 1 aliphatic rings. The molecule has 1 unspecified atom stereocenters. The first kappa shape index (κ1) is 9.45. The molecule has 4 nitrogen and oxygen atoms in total. The number of ether oxygens (including phenoxy) is 1. The Morgan fingerprint density at radius 1 is 1.42 bits per heavy atom. The molecule has 0 radical (unpaired) electrons. The maximum atomic E-state index is 10.6. The summed E-state index contributed by atoms with van der Waals surface area (Å²) in [5.74, 6) is 0. The Balaban J connectivity index is 2.85. The lowest BCUT2D eigenvalue weighted by molar-refractivity contribution is -0.534. The van der Waals surface area contributed by atoms with Gasteiger partial charge in [0.2, 0.25) is 6.04 Å². The van der Waals surface area contributed by atoms with Crippen molar-refractivity contribution in [2.24, 2.45) is 0 Å². The van der Waals surface area contributed by atoms with Crippen LogP contribution in [-0.4, -0.2) is 22.2 Å². The SMILES string of the molecule is CC1(C)CC([N+](=O)[O-])C(C)(C)O1. The van der Waals surface area contributed by atoms with Gasteiger partial charge in [-0.25, -0.2) is 0 Å². The van der Waals surface area contributed by atoms with E-state index in [0.717, 1.165) is 0 Å². The van der Waals surface area contributed by atoms with Crippen molar-refractivity contribution in [3.8, 4) is 0 Å². The van der Waals surface area contributed by atoms with E-state index in [9.17, 15) is 10.1 Å². The zero-order valence-corrected chi connectivity index (χ0v) is 7.96. The highest BCUT2D eigenvalue weighted by atomic mass is 16.6. The topological polar surface area (TPSA) is 52.4 Å². The van der Waals surface area contributed by atoms with E-state index in [1.807, 2.05) is 13.8 Å². The molecule has 0 spiro atoms. The number of rotatable bonds is 1. The zero-order valence-electron chi connectivity index (χ0n) is 7.96. The molecular formula is C8H15NO3. The Kier molecular flexibility index (Phi) is 1.91. The molecule has 1 heterocycles. The number of nitro groups is 1. The molecule has 1 aliphatic heterocycles. The summed E-state index contributed by atoms with van der Waals surface area (Å²) < 4.78 is 5.57. The van der Waals surface area contributed by atoms with Gasteiger partial charge in [-0.05, 0) is 27.7 Å². The van der Waals surface area contributed by atoms with Gasteiger partial charge in [0.05, 0.1) is 5.60 Å². The van der Waals surface area contributed by atoms with Crippen LogP contribution in [0.15, 0.2) is 0 Å². The Morgan fingerprint density at radius 2 is 1.92 bits per heavy atom. The van der Waals surface area contributed by atoms with Crippen molar-refractivity contribution in [1.29, 1.82) is 0 Å². The predicted molar refractivity (Wildman–Crippen MR) is 44.6 cm³/mol. The van der Waals surface area contributed by atoms with Crippen LogP contribution in [-0.2, 0) is 4.74 Å². The lowest BCUT2D eigenvalue weighted by Gasteiger charge is -2.22. The van der Waals surface area contributed by atoms with Crippen LogP contribution in [0.25, 0.3) is 0 Å². The number of nitrogens with zero attached hydrogens (tertiary/aromatic N) is 1. The van der Waals surface area contributed by atoms with Gasteiger partial charge in [0, 0.05) is 11.3 Å². The molecule has 4 heteroatoms. The molecule has 0 bridgehead atoms. The molecule has 12 heavy (non-hydrogen) atoms. The molecule has 0 aromatic heterocycles. The van der Waals surface area contributed by atoms with E-state index in [1.54, 1.807) is 13.8 Å². The number of hydrogen-bond acceptors (Lipinski definition) is 3. The van der Waals surface area contributed by atoms with Crippen LogP contribution in [0.4, 0.5) is 0 Å². The molecule has 0 aromatic rings. The zero-order chi connectivity index (χ0) is 9.57. The van der Waals surface area contributed by atoms with E-state index in [1.165, 1.54) is 0 Å². The summed E-state index contributed by atoms with van der Waals surface area (Å²) in [7, 11) is 0. The summed E-state index contributed by atoms with van der Waals surface area (Å²) in [5, 5.41) is 10.6. The third-order valence-electron chi connectivity index (χ3n) is 2.28. The molecule has 1 rings (SSSR count). The third-order valence-corrected chi connectivity index (χ3v) is 2.28. The van der Waals surface area contributed by atoms with E-state index in [0.29, 0.717) is 6.42 Å². The van der Waals surface area contributed by atoms with Gasteiger partial charge in [-0.2, -0.15) is 0 Å². The highest BCUT2D eigenvalue weighted by molar-refractivity contribution is 4.94. The van der Waals surface area contributed by atoms with Crippen LogP contribution in [0.1, 0.15) is 34.1 Å². The summed E-state index contributed by atoms with van der Waals surface area (Å²) in [4.78, 5) is 10.4. The van der Waals surface area contributed by atoms with E-state index >= 15 is 0 Å². The average Bonchev–Trinajstić information content (AvgIpc) is 1.99. The van der Waals surface area contributed by atoms with E-state index in [4.69, 9.17) is 4.74 Å². The standard InChI is InChI=1S/C8H15NO3/c1-7(2)5-6(9(10)11)8(3,4)12-7/h6H,5H2,1-4H3.